The molecule has 88 valence electrons. The molecule has 1 aromatic rings. The number of aliphatic hydroxyl groups is 1. The lowest BCUT2D eigenvalue weighted by atomic mass is 10.0. The first-order valence-corrected chi connectivity index (χ1v) is 6.28. The van der Waals surface area contributed by atoms with Gasteiger partial charge in [0.05, 0.1) is 19.8 Å². The predicted octanol–water partition coefficient (Wildman–Crippen LogP) is 2.67. The first-order chi connectivity index (χ1) is 7.77. The van der Waals surface area contributed by atoms with Crippen molar-refractivity contribution < 1.29 is 14.6 Å². The number of benzene rings is 1. The van der Waals surface area contributed by atoms with Crippen LogP contribution in [0.3, 0.4) is 0 Å². The van der Waals surface area contributed by atoms with Crippen molar-refractivity contribution in [1.82, 2.24) is 0 Å². The Labute approximate surface area is 104 Å². The number of rotatable bonds is 2. The molecule has 0 fully saturated rings. The molecule has 0 aromatic heterocycles. The highest BCUT2D eigenvalue weighted by molar-refractivity contribution is 9.10. The third-order valence-electron chi connectivity index (χ3n) is 2.71. The summed E-state index contributed by atoms with van der Waals surface area (Å²) in [6.45, 7) is 3.42. The van der Waals surface area contributed by atoms with Crippen molar-refractivity contribution in [1.29, 1.82) is 0 Å². The molecule has 1 heterocycles. The summed E-state index contributed by atoms with van der Waals surface area (Å²) < 4.78 is 12.2. The lowest BCUT2D eigenvalue weighted by molar-refractivity contribution is 0.276. The number of hydrogen-bond donors (Lipinski definition) is 1. The molecule has 0 bridgehead atoms. The Morgan fingerprint density at radius 2 is 2.06 bits per heavy atom. The van der Waals surface area contributed by atoms with Crippen molar-refractivity contribution in [3.8, 4) is 11.5 Å². The SMILES string of the molecule is CCc1c(CO)c(Br)cc2c1OCCCO2. The van der Waals surface area contributed by atoms with Gasteiger partial charge in [-0.05, 0) is 18.1 Å². The molecule has 1 N–H and O–H groups in total. The fourth-order valence-electron chi connectivity index (χ4n) is 1.92. The maximum Gasteiger partial charge on any atom is 0.164 e. The largest absolute Gasteiger partial charge is 0.490 e. The van der Waals surface area contributed by atoms with Gasteiger partial charge in [0.15, 0.2) is 11.5 Å². The molecule has 3 nitrogen and oxygen atoms in total. The molecular weight excluding hydrogens is 272 g/mol. The monoisotopic (exact) mass is 286 g/mol. The Balaban J connectivity index is 2.56. The summed E-state index contributed by atoms with van der Waals surface area (Å²) in [5, 5.41) is 9.38. The molecule has 0 amide bonds. The number of fused-ring (bicyclic) bond motifs is 1. The molecule has 0 radical (unpaired) electrons. The topological polar surface area (TPSA) is 38.7 Å². The molecule has 16 heavy (non-hydrogen) atoms. The van der Waals surface area contributed by atoms with Crippen LogP contribution >= 0.6 is 15.9 Å². The highest BCUT2D eigenvalue weighted by Gasteiger charge is 2.19. The van der Waals surface area contributed by atoms with Crippen LogP contribution in [0, 0.1) is 0 Å². The van der Waals surface area contributed by atoms with E-state index in [0.717, 1.165) is 39.9 Å². The predicted molar refractivity (Wildman–Crippen MR) is 65.0 cm³/mol. The summed E-state index contributed by atoms with van der Waals surface area (Å²) in [5.41, 5.74) is 1.93. The van der Waals surface area contributed by atoms with Gasteiger partial charge in [-0.1, -0.05) is 22.9 Å². The molecule has 0 atom stereocenters. The minimum absolute atomic E-state index is 0.0143. The van der Waals surface area contributed by atoms with Gasteiger partial charge in [-0.25, -0.2) is 0 Å². The molecule has 1 aliphatic rings. The minimum Gasteiger partial charge on any atom is -0.490 e. The standard InChI is InChI=1S/C12H15BrO3/c1-2-8-9(7-14)10(13)6-11-12(8)16-5-3-4-15-11/h6,14H,2-5,7H2,1H3. The first-order valence-electron chi connectivity index (χ1n) is 5.48. The average molecular weight is 287 g/mol. The van der Waals surface area contributed by atoms with Crippen LogP contribution in [0.15, 0.2) is 10.5 Å². The zero-order valence-electron chi connectivity index (χ0n) is 9.25. The first kappa shape index (κ1) is 11.7. The zero-order chi connectivity index (χ0) is 11.5. The second-order valence-corrected chi connectivity index (χ2v) is 4.56. The second-order valence-electron chi connectivity index (χ2n) is 3.70. The molecule has 1 aromatic carbocycles. The minimum atomic E-state index is 0.0143. The van der Waals surface area contributed by atoms with Crippen LogP contribution in [0.4, 0.5) is 0 Å². The van der Waals surface area contributed by atoms with E-state index in [-0.39, 0.29) is 6.61 Å². The van der Waals surface area contributed by atoms with E-state index in [2.05, 4.69) is 22.9 Å². The zero-order valence-corrected chi connectivity index (χ0v) is 10.8. The number of hydrogen-bond acceptors (Lipinski definition) is 3. The molecular formula is C12H15BrO3. The Hall–Kier alpha value is -0.740. The molecule has 0 saturated carbocycles. The van der Waals surface area contributed by atoms with Crippen LogP contribution in [-0.4, -0.2) is 18.3 Å². The summed E-state index contributed by atoms with van der Waals surface area (Å²) >= 11 is 3.46. The van der Waals surface area contributed by atoms with E-state index < -0.39 is 0 Å². The Kier molecular flexibility index (Phi) is 3.71. The van der Waals surface area contributed by atoms with Gasteiger partial charge < -0.3 is 14.6 Å². The Morgan fingerprint density at radius 1 is 1.31 bits per heavy atom. The van der Waals surface area contributed by atoms with Crippen LogP contribution in [-0.2, 0) is 13.0 Å². The molecule has 4 heteroatoms. The van der Waals surface area contributed by atoms with Crippen LogP contribution in [0.25, 0.3) is 0 Å². The highest BCUT2D eigenvalue weighted by atomic mass is 79.9. The molecule has 0 aliphatic carbocycles. The molecule has 0 spiro atoms. The van der Waals surface area contributed by atoms with E-state index in [1.165, 1.54) is 0 Å². The van der Waals surface area contributed by atoms with E-state index in [0.29, 0.717) is 13.2 Å². The summed E-state index contributed by atoms with van der Waals surface area (Å²) in [5.74, 6) is 1.57. The van der Waals surface area contributed by atoms with Crippen LogP contribution < -0.4 is 9.47 Å². The lowest BCUT2D eigenvalue weighted by Crippen LogP contribution is -2.02. The summed E-state index contributed by atoms with van der Waals surface area (Å²) in [4.78, 5) is 0. The lowest BCUT2D eigenvalue weighted by Gasteiger charge is -2.16. The van der Waals surface area contributed by atoms with Crippen LogP contribution in [0.5, 0.6) is 11.5 Å². The van der Waals surface area contributed by atoms with E-state index in [9.17, 15) is 5.11 Å². The molecule has 0 unspecified atom stereocenters. The van der Waals surface area contributed by atoms with E-state index in [1.54, 1.807) is 0 Å². The normalized spacial score (nSPS) is 14.7. The van der Waals surface area contributed by atoms with Crippen molar-refractivity contribution in [2.24, 2.45) is 0 Å². The number of ether oxygens (including phenoxy) is 2. The van der Waals surface area contributed by atoms with Crippen LogP contribution in [0.1, 0.15) is 24.5 Å². The van der Waals surface area contributed by atoms with Gasteiger partial charge in [-0.3, -0.25) is 0 Å². The van der Waals surface area contributed by atoms with Crippen molar-refractivity contribution in [3.63, 3.8) is 0 Å². The fourth-order valence-corrected chi connectivity index (χ4v) is 2.50. The highest BCUT2D eigenvalue weighted by Crippen LogP contribution is 2.40. The van der Waals surface area contributed by atoms with Gasteiger partial charge in [0.25, 0.3) is 0 Å². The third kappa shape index (κ3) is 2.04. The summed E-state index contributed by atoms with van der Waals surface area (Å²) in [6, 6.07) is 1.88. The van der Waals surface area contributed by atoms with E-state index in [4.69, 9.17) is 9.47 Å². The van der Waals surface area contributed by atoms with Gasteiger partial charge in [-0.15, -0.1) is 0 Å². The van der Waals surface area contributed by atoms with E-state index >= 15 is 0 Å². The third-order valence-corrected chi connectivity index (χ3v) is 3.42. The van der Waals surface area contributed by atoms with Crippen molar-refractivity contribution in [3.05, 3.63) is 21.7 Å². The Bertz CT molecular complexity index is 390. The second kappa shape index (κ2) is 5.06. The van der Waals surface area contributed by atoms with E-state index in [1.807, 2.05) is 6.07 Å². The smallest absolute Gasteiger partial charge is 0.164 e. The van der Waals surface area contributed by atoms with Crippen molar-refractivity contribution in [2.45, 2.75) is 26.4 Å². The average Bonchev–Trinajstić information content (AvgIpc) is 2.52. The molecule has 0 saturated heterocycles. The maximum atomic E-state index is 9.38. The fraction of sp³-hybridized carbons (Fsp3) is 0.500. The maximum absolute atomic E-state index is 9.38. The molecule has 2 rings (SSSR count). The number of aliphatic hydroxyl groups excluding tert-OH is 1. The summed E-state index contributed by atoms with van der Waals surface area (Å²) in [7, 11) is 0. The Morgan fingerprint density at radius 3 is 2.75 bits per heavy atom. The summed E-state index contributed by atoms with van der Waals surface area (Å²) in [6.07, 6.45) is 1.71. The molecule has 1 aliphatic heterocycles. The van der Waals surface area contributed by atoms with Gasteiger partial charge in [0.2, 0.25) is 0 Å². The quantitative estimate of drug-likeness (QED) is 0.909. The van der Waals surface area contributed by atoms with Gasteiger partial charge in [-0.2, -0.15) is 0 Å². The van der Waals surface area contributed by atoms with Gasteiger partial charge >= 0.3 is 0 Å². The van der Waals surface area contributed by atoms with Crippen molar-refractivity contribution in [2.75, 3.05) is 13.2 Å². The van der Waals surface area contributed by atoms with Crippen molar-refractivity contribution >= 4 is 15.9 Å². The van der Waals surface area contributed by atoms with Gasteiger partial charge in [0.1, 0.15) is 0 Å². The van der Waals surface area contributed by atoms with Gasteiger partial charge in [0, 0.05) is 16.5 Å². The van der Waals surface area contributed by atoms with Crippen LogP contribution in [0.2, 0.25) is 0 Å². The number of halogens is 1.